The van der Waals surface area contributed by atoms with Gasteiger partial charge in [0.2, 0.25) is 0 Å². The van der Waals surface area contributed by atoms with Gasteiger partial charge in [-0.1, -0.05) is 0 Å². The molecule has 0 spiro atoms. The van der Waals surface area contributed by atoms with Gasteiger partial charge in [-0.15, -0.1) is 0 Å². The summed E-state index contributed by atoms with van der Waals surface area (Å²) in [7, 11) is 0. The average molecular weight is 198 g/mol. The largest absolute Gasteiger partial charge is 0.379 e. The number of hydrogen-bond acceptors (Lipinski definition) is 7. The molecular formula is C6H14O7. The summed E-state index contributed by atoms with van der Waals surface area (Å²) in [6.07, 6.45) is 0. The SMILES string of the molecule is CCOCCOOCCOOOO. The van der Waals surface area contributed by atoms with E-state index in [9.17, 15) is 0 Å². The van der Waals surface area contributed by atoms with Crippen LogP contribution in [0.15, 0.2) is 0 Å². The molecule has 0 aliphatic carbocycles. The second kappa shape index (κ2) is 11.7. The molecule has 0 saturated heterocycles. The van der Waals surface area contributed by atoms with E-state index in [1.165, 1.54) is 0 Å². The van der Waals surface area contributed by atoms with Gasteiger partial charge in [-0.25, -0.2) is 19.9 Å². The van der Waals surface area contributed by atoms with Gasteiger partial charge in [0.1, 0.15) is 19.8 Å². The van der Waals surface area contributed by atoms with Crippen molar-refractivity contribution in [3.8, 4) is 0 Å². The van der Waals surface area contributed by atoms with E-state index < -0.39 is 0 Å². The maximum absolute atomic E-state index is 7.63. The standard InChI is InChI=1S/C6H14O7/c1-2-8-3-4-9-10-5-6-11-13-12-7/h7H,2-6H2,1H3. The summed E-state index contributed by atoms with van der Waals surface area (Å²) in [4.78, 5) is 13.5. The van der Waals surface area contributed by atoms with Crippen LogP contribution in [0.5, 0.6) is 0 Å². The molecule has 0 heterocycles. The summed E-state index contributed by atoms with van der Waals surface area (Å²) in [5, 5.41) is 14.5. The van der Waals surface area contributed by atoms with Gasteiger partial charge >= 0.3 is 0 Å². The molecule has 0 atom stereocenters. The van der Waals surface area contributed by atoms with Crippen molar-refractivity contribution >= 4 is 0 Å². The Balaban J connectivity index is 2.76. The number of ether oxygens (including phenoxy) is 1. The van der Waals surface area contributed by atoms with Crippen LogP contribution < -0.4 is 0 Å². The van der Waals surface area contributed by atoms with Crippen molar-refractivity contribution < 1.29 is 34.7 Å². The molecule has 0 aliphatic heterocycles. The van der Waals surface area contributed by atoms with Crippen LogP contribution in [0.3, 0.4) is 0 Å². The molecule has 0 aromatic rings. The molecule has 0 unspecified atom stereocenters. The maximum atomic E-state index is 7.63. The van der Waals surface area contributed by atoms with Crippen molar-refractivity contribution in [2.45, 2.75) is 6.92 Å². The summed E-state index contributed by atoms with van der Waals surface area (Å²) in [6.45, 7) is 3.61. The molecule has 13 heavy (non-hydrogen) atoms. The molecule has 0 aliphatic rings. The number of rotatable bonds is 10. The first-order valence-corrected chi connectivity index (χ1v) is 3.83. The monoisotopic (exact) mass is 198 g/mol. The molecule has 0 amide bonds. The van der Waals surface area contributed by atoms with Crippen LogP contribution in [0.1, 0.15) is 6.92 Å². The van der Waals surface area contributed by atoms with Crippen LogP contribution >= 0.6 is 0 Å². The van der Waals surface area contributed by atoms with Crippen LogP contribution in [0.2, 0.25) is 0 Å². The van der Waals surface area contributed by atoms with Crippen molar-refractivity contribution in [3.05, 3.63) is 0 Å². The molecule has 0 fully saturated rings. The Morgan fingerprint density at radius 3 is 2.15 bits per heavy atom. The smallest absolute Gasteiger partial charge is 0.112 e. The molecule has 0 rings (SSSR count). The second-order valence-corrected chi connectivity index (χ2v) is 1.81. The first-order valence-electron chi connectivity index (χ1n) is 3.83. The van der Waals surface area contributed by atoms with E-state index in [0.717, 1.165) is 0 Å². The second-order valence-electron chi connectivity index (χ2n) is 1.81. The number of hydrogen-bond donors (Lipinski definition) is 1. The summed E-state index contributed by atoms with van der Waals surface area (Å²) in [5.41, 5.74) is 0. The normalized spacial score (nSPS) is 10.6. The van der Waals surface area contributed by atoms with Gasteiger partial charge in [-0.05, 0) is 17.0 Å². The van der Waals surface area contributed by atoms with Gasteiger partial charge in [0.05, 0.1) is 6.61 Å². The molecule has 0 bridgehead atoms. The fourth-order valence-electron chi connectivity index (χ4n) is 0.479. The van der Waals surface area contributed by atoms with E-state index >= 15 is 0 Å². The lowest BCUT2D eigenvalue weighted by atomic mass is 10.7. The van der Waals surface area contributed by atoms with Crippen LogP contribution in [-0.4, -0.2) is 38.3 Å². The van der Waals surface area contributed by atoms with E-state index in [2.05, 4.69) is 24.7 Å². The predicted molar refractivity (Wildman–Crippen MR) is 39.1 cm³/mol. The van der Waals surface area contributed by atoms with Crippen molar-refractivity contribution in [1.82, 2.24) is 0 Å². The lowest BCUT2D eigenvalue weighted by Crippen LogP contribution is -2.09. The molecule has 0 aromatic heterocycles. The van der Waals surface area contributed by atoms with Crippen LogP contribution in [0, 0.1) is 0 Å². The first kappa shape index (κ1) is 12.7. The van der Waals surface area contributed by atoms with Gasteiger partial charge in [0, 0.05) is 6.61 Å². The van der Waals surface area contributed by atoms with Gasteiger partial charge in [-0.3, -0.25) is 0 Å². The Morgan fingerprint density at radius 1 is 0.923 bits per heavy atom. The minimum absolute atomic E-state index is 0.0786. The van der Waals surface area contributed by atoms with Crippen LogP contribution in [0.4, 0.5) is 0 Å². The first-order chi connectivity index (χ1) is 6.41. The van der Waals surface area contributed by atoms with Crippen LogP contribution in [-0.2, 0) is 29.5 Å². The van der Waals surface area contributed by atoms with E-state index in [0.29, 0.717) is 19.8 Å². The lowest BCUT2D eigenvalue weighted by Gasteiger charge is -2.03. The molecule has 7 heteroatoms. The highest BCUT2D eigenvalue weighted by Crippen LogP contribution is 1.83. The Labute approximate surface area is 75.8 Å². The van der Waals surface area contributed by atoms with Crippen molar-refractivity contribution in [2.24, 2.45) is 0 Å². The molecule has 0 saturated carbocycles. The Bertz CT molecular complexity index is 79.1. The molecule has 7 nitrogen and oxygen atoms in total. The zero-order chi connectivity index (χ0) is 9.78. The average Bonchev–Trinajstić information content (AvgIpc) is 2.16. The van der Waals surface area contributed by atoms with E-state index in [-0.39, 0.29) is 13.2 Å². The topological polar surface area (TPSA) is 75.6 Å². The van der Waals surface area contributed by atoms with Crippen molar-refractivity contribution in [2.75, 3.05) is 33.0 Å². The summed E-state index contributed by atoms with van der Waals surface area (Å²) in [5.74, 6) is 0. The van der Waals surface area contributed by atoms with Gasteiger partial charge in [0.25, 0.3) is 0 Å². The van der Waals surface area contributed by atoms with Gasteiger partial charge in [-0.2, -0.15) is 0 Å². The zero-order valence-electron chi connectivity index (χ0n) is 7.43. The Hall–Kier alpha value is -0.280. The third-order valence-corrected chi connectivity index (χ3v) is 0.927. The van der Waals surface area contributed by atoms with E-state index in [1.54, 1.807) is 0 Å². The van der Waals surface area contributed by atoms with Gasteiger partial charge < -0.3 is 4.74 Å². The molecule has 1 N–H and O–H groups in total. The van der Waals surface area contributed by atoms with E-state index in [1.807, 2.05) is 6.92 Å². The van der Waals surface area contributed by atoms with E-state index in [4.69, 9.17) is 9.99 Å². The highest BCUT2D eigenvalue weighted by atomic mass is 17.6. The zero-order valence-corrected chi connectivity index (χ0v) is 7.43. The maximum Gasteiger partial charge on any atom is 0.112 e. The predicted octanol–water partition coefficient (Wildman–Crippen LogP) is 0.324. The Morgan fingerprint density at radius 2 is 1.54 bits per heavy atom. The minimum atomic E-state index is 0.0786. The molecule has 80 valence electrons. The van der Waals surface area contributed by atoms with Gasteiger partial charge in [0.15, 0.2) is 0 Å². The quantitative estimate of drug-likeness (QED) is 0.308. The highest BCUT2D eigenvalue weighted by Gasteiger charge is 1.91. The van der Waals surface area contributed by atoms with Crippen molar-refractivity contribution in [3.63, 3.8) is 0 Å². The Kier molecular flexibility index (Phi) is 11.5. The lowest BCUT2D eigenvalue weighted by molar-refractivity contribution is -0.624. The third kappa shape index (κ3) is 11.7. The summed E-state index contributed by atoms with van der Waals surface area (Å²) < 4.78 is 4.96. The van der Waals surface area contributed by atoms with Crippen molar-refractivity contribution in [1.29, 1.82) is 0 Å². The minimum Gasteiger partial charge on any atom is -0.379 e. The molecule has 0 aromatic carbocycles. The van der Waals surface area contributed by atoms with Crippen LogP contribution in [0.25, 0.3) is 0 Å². The molecule has 0 radical (unpaired) electrons. The fraction of sp³-hybridized carbons (Fsp3) is 1.00. The molecular weight excluding hydrogens is 184 g/mol. The third-order valence-electron chi connectivity index (χ3n) is 0.927. The summed E-state index contributed by atoms with van der Waals surface area (Å²) in [6, 6.07) is 0. The summed E-state index contributed by atoms with van der Waals surface area (Å²) >= 11 is 0. The fourth-order valence-corrected chi connectivity index (χ4v) is 0.479. The highest BCUT2D eigenvalue weighted by molar-refractivity contribution is 4.22.